The van der Waals surface area contributed by atoms with E-state index in [1.165, 1.54) is 32.3 Å². The monoisotopic (exact) mass is 762 g/mol. The number of fused-ring (bicyclic) bond motifs is 6. The summed E-state index contributed by atoms with van der Waals surface area (Å²) in [7, 11) is 0. The van der Waals surface area contributed by atoms with Crippen LogP contribution >= 0.6 is 0 Å². The normalized spacial score (nSPS) is 11.3. The van der Waals surface area contributed by atoms with Gasteiger partial charge in [0.2, 0.25) is 0 Å². The Morgan fingerprint density at radius 1 is 0.317 bits per heavy atom. The van der Waals surface area contributed by atoms with Crippen molar-refractivity contribution in [3.8, 4) is 73.6 Å². The Morgan fingerprint density at radius 3 is 1.63 bits per heavy atom. The second-order valence-corrected chi connectivity index (χ2v) is 15.1. The van der Waals surface area contributed by atoms with Gasteiger partial charge in [0.25, 0.3) is 0 Å². The predicted octanol–water partition coefficient (Wildman–Crippen LogP) is 14.4. The highest BCUT2D eigenvalue weighted by Gasteiger charge is 2.21. The maximum Gasteiger partial charge on any atom is 0.164 e. The van der Waals surface area contributed by atoms with Crippen molar-refractivity contribution >= 4 is 43.1 Å². The van der Waals surface area contributed by atoms with Gasteiger partial charge in [0.15, 0.2) is 17.5 Å². The molecular formula is C56H34N4. The lowest BCUT2D eigenvalue weighted by Crippen LogP contribution is -2.02. The Morgan fingerprint density at radius 2 is 0.833 bits per heavy atom. The van der Waals surface area contributed by atoms with Gasteiger partial charge in [-0.2, -0.15) is 5.26 Å². The average molecular weight is 763 g/mol. The topological polar surface area (TPSA) is 62.5 Å². The van der Waals surface area contributed by atoms with Crippen LogP contribution in [0.5, 0.6) is 0 Å². The van der Waals surface area contributed by atoms with Crippen molar-refractivity contribution in [1.29, 1.82) is 5.26 Å². The molecule has 10 aromatic carbocycles. The van der Waals surface area contributed by atoms with Gasteiger partial charge in [-0.15, -0.1) is 0 Å². The van der Waals surface area contributed by atoms with Gasteiger partial charge in [-0.05, 0) is 89.1 Å². The molecule has 278 valence electrons. The minimum Gasteiger partial charge on any atom is -0.208 e. The zero-order valence-corrected chi connectivity index (χ0v) is 32.4. The summed E-state index contributed by atoms with van der Waals surface area (Å²) in [5.41, 5.74) is 9.10. The molecule has 0 bridgehead atoms. The molecule has 0 atom stereocenters. The molecule has 60 heavy (non-hydrogen) atoms. The number of benzene rings is 10. The first-order valence-electron chi connectivity index (χ1n) is 20.1. The zero-order chi connectivity index (χ0) is 40.0. The van der Waals surface area contributed by atoms with Gasteiger partial charge in [0.05, 0.1) is 11.6 Å². The van der Waals surface area contributed by atoms with Crippen molar-refractivity contribution in [2.24, 2.45) is 0 Å². The van der Waals surface area contributed by atoms with E-state index in [0.717, 1.165) is 60.8 Å². The number of hydrogen-bond donors (Lipinski definition) is 0. The summed E-state index contributed by atoms with van der Waals surface area (Å²) in [4.78, 5) is 15.5. The van der Waals surface area contributed by atoms with E-state index >= 15 is 0 Å². The molecule has 0 spiro atoms. The smallest absolute Gasteiger partial charge is 0.164 e. The summed E-state index contributed by atoms with van der Waals surface area (Å²) in [5.74, 6) is 1.68. The van der Waals surface area contributed by atoms with E-state index in [1.807, 2.05) is 60.7 Å². The first-order valence-corrected chi connectivity index (χ1v) is 20.1. The van der Waals surface area contributed by atoms with Crippen molar-refractivity contribution in [3.63, 3.8) is 0 Å². The van der Waals surface area contributed by atoms with Gasteiger partial charge in [-0.25, -0.2) is 15.0 Å². The minimum atomic E-state index is 0.530. The van der Waals surface area contributed by atoms with Crippen molar-refractivity contribution in [2.75, 3.05) is 0 Å². The largest absolute Gasteiger partial charge is 0.208 e. The van der Waals surface area contributed by atoms with Gasteiger partial charge in [-0.3, -0.25) is 0 Å². The molecule has 0 saturated heterocycles. The Bertz CT molecular complexity index is 3510. The van der Waals surface area contributed by atoms with Crippen LogP contribution in [0.4, 0.5) is 0 Å². The third kappa shape index (κ3) is 6.05. The molecule has 0 aliphatic heterocycles. The lowest BCUT2D eigenvalue weighted by atomic mass is 9.87. The van der Waals surface area contributed by atoms with Gasteiger partial charge < -0.3 is 0 Å². The molecule has 0 aliphatic rings. The molecule has 0 aliphatic carbocycles. The minimum absolute atomic E-state index is 0.530. The maximum atomic E-state index is 10.7. The summed E-state index contributed by atoms with van der Waals surface area (Å²) in [5, 5.41) is 20.2. The lowest BCUT2D eigenvalue weighted by Gasteiger charge is -2.17. The van der Waals surface area contributed by atoms with Crippen LogP contribution in [0.15, 0.2) is 206 Å². The fraction of sp³-hybridized carbons (Fsp3) is 0. The summed E-state index contributed by atoms with van der Waals surface area (Å²) in [6, 6.07) is 74.0. The molecule has 0 fully saturated rings. The second-order valence-electron chi connectivity index (χ2n) is 15.1. The van der Waals surface area contributed by atoms with Crippen molar-refractivity contribution in [3.05, 3.63) is 212 Å². The van der Waals surface area contributed by atoms with Crippen LogP contribution in [-0.4, -0.2) is 15.0 Å². The summed E-state index contributed by atoms with van der Waals surface area (Å²) >= 11 is 0. The Balaban J connectivity index is 1.10. The molecule has 0 N–H and O–H groups in total. The van der Waals surface area contributed by atoms with E-state index in [2.05, 4.69) is 152 Å². The predicted molar refractivity (Wildman–Crippen MR) is 247 cm³/mol. The van der Waals surface area contributed by atoms with Crippen LogP contribution in [-0.2, 0) is 0 Å². The number of nitriles is 1. The van der Waals surface area contributed by atoms with E-state index < -0.39 is 0 Å². The van der Waals surface area contributed by atoms with E-state index in [0.29, 0.717) is 23.0 Å². The molecular weight excluding hydrogens is 729 g/mol. The zero-order valence-electron chi connectivity index (χ0n) is 32.4. The molecule has 11 rings (SSSR count). The number of nitrogens with zero attached hydrogens (tertiary/aromatic N) is 4. The summed E-state index contributed by atoms with van der Waals surface area (Å²) in [6.45, 7) is 0. The molecule has 1 aromatic heterocycles. The third-order valence-electron chi connectivity index (χ3n) is 11.5. The van der Waals surface area contributed by atoms with Crippen LogP contribution in [0.3, 0.4) is 0 Å². The Kier molecular flexibility index (Phi) is 8.50. The fourth-order valence-electron chi connectivity index (χ4n) is 8.71. The van der Waals surface area contributed by atoms with Crippen LogP contribution < -0.4 is 0 Å². The quantitative estimate of drug-likeness (QED) is 0.158. The van der Waals surface area contributed by atoms with Crippen molar-refractivity contribution in [1.82, 2.24) is 15.0 Å². The first-order chi connectivity index (χ1) is 29.7. The summed E-state index contributed by atoms with van der Waals surface area (Å²) < 4.78 is 0. The van der Waals surface area contributed by atoms with Gasteiger partial charge in [-0.1, -0.05) is 188 Å². The lowest BCUT2D eigenvalue weighted by molar-refractivity contribution is 1.07. The first kappa shape index (κ1) is 34.9. The molecule has 0 saturated carbocycles. The van der Waals surface area contributed by atoms with Gasteiger partial charge in [0, 0.05) is 22.3 Å². The van der Waals surface area contributed by atoms with Crippen molar-refractivity contribution in [2.45, 2.75) is 0 Å². The SMILES string of the molecule is N#Cc1cccc(-c2cccc(-c3cccc4ccc5ccccc5c34)c2)c1-c1ccccc1-c1nc(-c2ccccc2)nc(-c2ccc3ccc4ccccc4c3c2)n1. The Labute approximate surface area is 347 Å². The highest BCUT2D eigenvalue weighted by molar-refractivity contribution is 6.14. The Hall–Kier alpha value is -8.26. The third-order valence-corrected chi connectivity index (χ3v) is 11.5. The van der Waals surface area contributed by atoms with E-state index in [-0.39, 0.29) is 0 Å². The highest BCUT2D eigenvalue weighted by Crippen LogP contribution is 2.42. The molecule has 0 amide bonds. The number of aromatic nitrogens is 3. The van der Waals surface area contributed by atoms with Crippen molar-refractivity contribution < 1.29 is 0 Å². The van der Waals surface area contributed by atoms with E-state index in [1.54, 1.807) is 0 Å². The fourth-order valence-corrected chi connectivity index (χ4v) is 8.71. The molecule has 0 radical (unpaired) electrons. The molecule has 4 heteroatoms. The molecule has 1 heterocycles. The van der Waals surface area contributed by atoms with Crippen LogP contribution in [0.1, 0.15) is 5.56 Å². The van der Waals surface area contributed by atoms with Crippen LogP contribution in [0.2, 0.25) is 0 Å². The maximum absolute atomic E-state index is 10.7. The second kappa shape index (κ2) is 14.6. The summed E-state index contributed by atoms with van der Waals surface area (Å²) in [6.07, 6.45) is 0. The molecule has 11 aromatic rings. The molecule has 4 nitrogen and oxygen atoms in total. The van der Waals surface area contributed by atoms with Gasteiger partial charge >= 0.3 is 0 Å². The molecule has 0 unspecified atom stereocenters. The van der Waals surface area contributed by atoms with E-state index in [9.17, 15) is 5.26 Å². The van der Waals surface area contributed by atoms with Gasteiger partial charge in [0.1, 0.15) is 0 Å². The standard InChI is InChI=1S/C56H34N4/c57-35-44-20-12-26-48(42-19-10-18-41(33-42)47-25-11-17-39-31-29-37-14-5-7-22-46(37)52(39)47)53(44)49-23-8-9-24-50(49)56-59-54(40-15-2-1-3-16-40)58-55(60-56)43-32-30-38-28-27-36-13-4-6-21-45(36)51(38)34-43/h1-34H. The average Bonchev–Trinajstić information content (AvgIpc) is 3.33. The van der Waals surface area contributed by atoms with Crippen LogP contribution in [0.25, 0.3) is 111 Å². The number of hydrogen-bond acceptors (Lipinski definition) is 4. The number of rotatable bonds is 6. The van der Waals surface area contributed by atoms with E-state index in [4.69, 9.17) is 15.0 Å². The highest BCUT2D eigenvalue weighted by atomic mass is 15.0. The van der Waals surface area contributed by atoms with Crippen LogP contribution in [0, 0.1) is 11.3 Å².